The number of benzene rings is 3. The molecule has 0 saturated heterocycles. The maximum atomic E-state index is 13.7. The van der Waals surface area contributed by atoms with E-state index in [1.807, 2.05) is 22.6 Å². The fraction of sp³-hybridized carbons (Fsp3) is 0.143. The zero-order valence-corrected chi connectivity index (χ0v) is 23.3. The molecule has 0 aliphatic rings. The lowest BCUT2D eigenvalue weighted by Crippen LogP contribution is -2.15. The molecule has 0 aliphatic carbocycles. The van der Waals surface area contributed by atoms with Crippen LogP contribution in [0.25, 0.3) is 21.8 Å². The zero-order valence-electron chi connectivity index (χ0n) is 21.2. The summed E-state index contributed by atoms with van der Waals surface area (Å²) in [6, 6.07) is 11.7. The van der Waals surface area contributed by atoms with Gasteiger partial charge in [0.1, 0.15) is 11.4 Å². The summed E-state index contributed by atoms with van der Waals surface area (Å²) in [5, 5.41) is -1.33. The zero-order chi connectivity index (χ0) is 32.4. The smallest absolute Gasteiger partial charge is 0.310 e. The van der Waals surface area contributed by atoms with E-state index in [0.717, 1.165) is 36.4 Å². The molecule has 2 aromatic heterocycles. The molecule has 16 heteroatoms. The molecule has 0 atom stereocenters. The van der Waals surface area contributed by atoms with Crippen molar-refractivity contribution in [3.8, 4) is 0 Å². The van der Waals surface area contributed by atoms with Gasteiger partial charge < -0.3 is 4.90 Å². The molecule has 0 fully saturated rings. The van der Waals surface area contributed by atoms with Gasteiger partial charge in [0.25, 0.3) is 0 Å². The molecule has 0 saturated carbocycles. The Kier molecular flexibility index (Phi) is 7.65. The molecule has 0 bridgehead atoms. The molecule has 0 N–H and O–H groups in total. The van der Waals surface area contributed by atoms with E-state index in [1.165, 1.54) is 17.0 Å². The molecular weight excluding hydrogens is 733 g/mol. The number of rotatable bonds is 3. The number of halogens is 13. The van der Waals surface area contributed by atoms with Crippen LogP contribution in [0.1, 0.15) is 22.5 Å². The first kappa shape index (κ1) is 31.6. The number of alkyl halides is 12. The van der Waals surface area contributed by atoms with Crippen molar-refractivity contribution in [1.82, 2.24) is 9.97 Å². The highest BCUT2D eigenvalue weighted by Crippen LogP contribution is 2.44. The standard InChI is InChI=1S/C28H12F12IN3/c29-25(30,31)19-11-23(27(35,36)37)42-21-9-15(5-7-17(19)21)44(14-3-1-13(41)2-4-14)16-6-8-18-20(26(32,33)34)12-24(28(38,39)40)43-22(18)10-16/h1-12H. The number of hydrogen-bond donors (Lipinski definition) is 0. The Morgan fingerprint density at radius 3 is 1.16 bits per heavy atom. The van der Waals surface area contributed by atoms with Gasteiger partial charge in [-0.05, 0) is 83.3 Å². The number of anilines is 3. The first-order valence-electron chi connectivity index (χ1n) is 12.0. The number of pyridine rings is 2. The molecular formula is C28H12F12IN3. The first-order valence-corrected chi connectivity index (χ1v) is 13.1. The predicted molar refractivity (Wildman–Crippen MR) is 144 cm³/mol. The largest absolute Gasteiger partial charge is 0.433 e. The van der Waals surface area contributed by atoms with Gasteiger partial charge in [-0.25, -0.2) is 9.97 Å². The SMILES string of the molecule is FC(F)(F)c1cc(C(F)(F)F)c2ccc(N(c3ccc(I)cc3)c3ccc4c(C(F)(F)F)cc(C(F)(F)F)nc4c3)cc2n1. The van der Waals surface area contributed by atoms with Crippen LogP contribution in [-0.4, -0.2) is 9.97 Å². The maximum Gasteiger partial charge on any atom is 0.433 e. The molecule has 0 unspecified atom stereocenters. The fourth-order valence-corrected chi connectivity index (χ4v) is 4.87. The van der Waals surface area contributed by atoms with Crippen LogP contribution < -0.4 is 4.90 Å². The maximum absolute atomic E-state index is 13.7. The van der Waals surface area contributed by atoms with Gasteiger partial charge in [0.15, 0.2) is 0 Å². The van der Waals surface area contributed by atoms with Crippen LogP contribution in [0.2, 0.25) is 0 Å². The Hall–Kier alpha value is -3.83. The van der Waals surface area contributed by atoms with Crippen molar-refractivity contribution in [3.63, 3.8) is 0 Å². The summed E-state index contributed by atoms with van der Waals surface area (Å²) in [5.41, 5.74) is -8.23. The summed E-state index contributed by atoms with van der Waals surface area (Å²) in [6.45, 7) is 0. The summed E-state index contributed by atoms with van der Waals surface area (Å²) in [5.74, 6) is 0. The predicted octanol–water partition coefficient (Wildman–Crippen LogP) is 10.9. The highest BCUT2D eigenvalue weighted by Gasteiger charge is 2.41. The lowest BCUT2D eigenvalue weighted by Gasteiger charge is -2.26. The summed E-state index contributed by atoms with van der Waals surface area (Å²) < 4.78 is 164. The molecule has 5 rings (SSSR count). The molecule has 3 nitrogen and oxygen atoms in total. The summed E-state index contributed by atoms with van der Waals surface area (Å²) in [6.07, 6.45) is -20.9. The fourth-order valence-electron chi connectivity index (χ4n) is 4.51. The second-order valence-corrected chi connectivity index (χ2v) is 10.6. The average Bonchev–Trinajstić information content (AvgIpc) is 2.90. The van der Waals surface area contributed by atoms with E-state index in [-0.39, 0.29) is 29.2 Å². The molecule has 3 aromatic carbocycles. The molecule has 5 aromatic rings. The topological polar surface area (TPSA) is 29.0 Å². The van der Waals surface area contributed by atoms with Gasteiger partial charge in [-0.1, -0.05) is 12.1 Å². The minimum Gasteiger partial charge on any atom is -0.310 e. The molecule has 0 radical (unpaired) electrons. The van der Waals surface area contributed by atoms with Crippen molar-refractivity contribution in [2.24, 2.45) is 0 Å². The number of aromatic nitrogens is 2. The Morgan fingerprint density at radius 1 is 0.455 bits per heavy atom. The van der Waals surface area contributed by atoms with Crippen LogP contribution in [0.4, 0.5) is 69.7 Å². The van der Waals surface area contributed by atoms with Gasteiger partial charge in [-0.2, -0.15) is 52.7 Å². The van der Waals surface area contributed by atoms with Gasteiger partial charge in [0.05, 0.1) is 22.2 Å². The van der Waals surface area contributed by atoms with Crippen LogP contribution in [0, 0.1) is 3.57 Å². The van der Waals surface area contributed by atoms with Crippen molar-refractivity contribution < 1.29 is 52.7 Å². The van der Waals surface area contributed by atoms with E-state index < -0.39 is 69.0 Å². The lowest BCUT2D eigenvalue weighted by atomic mass is 10.0. The highest BCUT2D eigenvalue weighted by molar-refractivity contribution is 14.1. The number of nitrogens with zero attached hydrogens (tertiary/aromatic N) is 3. The van der Waals surface area contributed by atoms with Crippen molar-refractivity contribution in [1.29, 1.82) is 0 Å². The Labute approximate surface area is 252 Å². The highest BCUT2D eigenvalue weighted by atomic mass is 127. The quantitative estimate of drug-likeness (QED) is 0.136. The minimum absolute atomic E-state index is 0.0963. The van der Waals surface area contributed by atoms with Crippen LogP contribution in [0.15, 0.2) is 72.8 Å². The normalized spacial score (nSPS) is 13.1. The van der Waals surface area contributed by atoms with E-state index in [9.17, 15) is 52.7 Å². The van der Waals surface area contributed by atoms with Crippen molar-refractivity contribution in [2.45, 2.75) is 24.7 Å². The van der Waals surface area contributed by atoms with E-state index in [1.54, 1.807) is 12.1 Å². The van der Waals surface area contributed by atoms with Crippen molar-refractivity contribution in [3.05, 3.63) is 98.9 Å². The van der Waals surface area contributed by atoms with Crippen molar-refractivity contribution in [2.75, 3.05) is 4.90 Å². The van der Waals surface area contributed by atoms with E-state index >= 15 is 0 Å². The first-order chi connectivity index (χ1) is 20.2. The third-order valence-corrected chi connectivity index (χ3v) is 7.10. The molecule has 2 heterocycles. The summed E-state index contributed by atoms with van der Waals surface area (Å²) >= 11 is 1.95. The Balaban J connectivity index is 1.79. The molecule has 0 spiro atoms. The van der Waals surface area contributed by atoms with Crippen LogP contribution in [0.3, 0.4) is 0 Å². The molecule has 44 heavy (non-hydrogen) atoms. The second-order valence-electron chi connectivity index (χ2n) is 9.32. The Bertz CT molecular complexity index is 1760. The van der Waals surface area contributed by atoms with E-state index in [0.29, 0.717) is 3.57 Å². The van der Waals surface area contributed by atoms with Gasteiger partial charge in [0, 0.05) is 31.4 Å². The van der Waals surface area contributed by atoms with Crippen LogP contribution >= 0.6 is 22.6 Å². The monoisotopic (exact) mass is 745 g/mol. The lowest BCUT2D eigenvalue weighted by molar-refractivity contribution is -0.146. The molecule has 0 aliphatic heterocycles. The third kappa shape index (κ3) is 6.21. The third-order valence-electron chi connectivity index (χ3n) is 6.38. The van der Waals surface area contributed by atoms with Gasteiger partial charge in [0.2, 0.25) is 0 Å². The van der Waals surface area contributed by atoms with Crippen LogP contribution in [-0.2, 0) is 24.7 Å². The second kappa shape index (κ2) is 10.7. The van der Waals surface area contributed by atoms with Gasteiger partial charge in [-0.15, -0.1) is 0 Å². The van der Waals surface area contributed by atoms with Crippen LogP contribution in [0.5, 0.6) is 0 Å². The van der Waals surface area contributed by atoms with E-state index in [2.05, 4.69) is 9.97 Å². The number of fused-ring (bicyclic) bond motifs is 2. The number of hydrogen-bond acceptors (Lipinski definition) is 3. The minimum atomic E-state index is -5.24. The molecule has 0 amide bonds. The van der Waals surface area contributed by atoms with Gasteiger partial charge in [-0.3, -0.25) is 0 Å². The van der Waals surface area contributed by atoms with Gasteiger partial charge >= 0.3 is 24.7 Å². The Morgan fingerprint density at radius 2 is 0.818 bits per heavy atom. The average molecular weight is 745 g/mol. The summed E-state index contributed by atoms with van der Waals surface area (Å²) in [7, 11) is 0. The van der Waals surface area contributed by atoms with Crippen molar-refractivity contribution >= 4 is 61.5 Å². The summed E-state index contributed by atoms with van der Waals surface area (Å²) in [4.78, 5) is 7.98. The van der Waals surface area contributed by atoms with E-state index in [4.69, 9.17) is 0 Å². The molecule has 230 valence electrons.